The maximum Gasteiger partial charge on any atom is 0.147 e. The van der Waals surface area contributed by atoms with Gasteiger partial charge in [-0.3, -0.25) is 4.90 Å². The Bertz CT molecular complexity index is 876. The molecule has 1 saturated heterocycles. The summed E-state index contributed by atoms with van der Waals surface area (Å²) in [5, 5.41) is 0. The predicted molar refractivity (Wildman–Crippen MR) is 97.8 cm³/mol. The van der Waals surface area contributed by atoms with Crippen LogP contribution in [0.2, 0.25) is 0 Å². The fourth-order valence-electron chi connectivity index (χ4n) is 3.31. The third-order valence-corrected chi connectivity index (χ3v) is 4.66. The first kappa shape index (κ1) is 16.8. The Balaban J connectivity index is 1.52. The van der Waals surface area contributed by atoms with Gasteiger partial charge in [-0.15, -0.1) is 0 Å². The van der Waals surface area contributed by atoms with Crippen LogP contribution in [0.4, 0.5) is 4.39 Å². The fourth-order valence-corrected chi connectivity index (χ4v) is 3.31. The second-order valence-electron chi connectivity index (χ2n) is 6.35. The highest BCUT2D eigenvalue weighted by molar-refractivity contribution is 5.36. The monoisotopic (exact) mass is 352 g/mol. The average molecular weight is 352 g/mol. The van der Waals surface area contributed by atoms with E-state index in [9.17, 15) is 4.39 Å². The summed E-state index contributed by atoms with van der Waals surface area (Å²) < 4.78 is 27.0. The standard InChI is InChI=1S/C21H21FN2O2/c1-25-18-8-6-16(7-9-18)14-24-12-13-26-21(24)17-10-11-23(15-17)20-5-3-2-4-19(20)22/h2-11,15,21H,12-14H2,1H3. The largest absolute Gasteiger partial charge is 0.497 e. The van der Waals surface area contributed by atoms with Gasteiger partial charge in [-0.1, -0.05) is 24.3 Å². The number of hydrogen-bond acceptors (Lipinski definition) is 3. The van der Waals surface area contributed by atoms with Gasteiger partial charge in [0.05, 0.1) is 19.4 Å². The summed E-state index contributed by atoms with van der Waals surface area (Å²) in [6.45, 7) is 2.34. The van der Waals surface area contributed by atoms with Crippen molar-refractivity contribution in [3.8, 4) is 11.4 Å². The molecule has 0 N–H and O–H groups in total. The summed E-state index contributed by atoms with van der Waals surface area (Å²) in [6, 6.07) is 16.8. The zero-order chi connectivity index (χ0) is 17.9. The molecule has 4 nitrogen and oxygen atoms in total. The number of hydrogen-bond donors (Lipinski definition) is 0. The second kappa shape index (κ2) is 7.32. The Kier molecular flexibility index (Phi) is 4.73. The minimum Gasteiger partial charge on any atom is -0.497 e. The van der Waals surface area contributed by atoms with Crippen LogP contribution in [0.15, 0.2) is 67.0 Å². The fraction of sp³-hybridized carbons (Fsp3) is 0.238. The van der Waals surface area contributed by atoms with Crippen molar-refractivity contribution >= 4 is 0 Å². The molecule has 0 saturated carbocycles. The lowest BCUT2D eigenvalue weighted by Gasteiger charge is -2.22. The molecular formula is C21H21FN2O2. The van der Waals surface area contributed by atoms with Gasteiger partial charge < -0.3 is 14.0 Å². The van der Waals surface area contributed by atoms with E-state index in [0.717, 1.165) is 24.4 Å². The Morgan fingerprint density at radius 3 is 2.69 bits per heavy atom. The zero-order valence-electron chi connectivity index (χ0n) is 14.6. The summed E-state index contributed by atoms with van der Waals surface area (Å²) in [7, 11) is 1.67. The van der Waals surface area contributed by atoms with Crippen molar-refractivity contribution in [1.82, 2.24) is 9.47 Å². The quantitative estimate of drug-likeness (QED) is 0.690. The van der Waals surface area contributed by atoms with E-state index in [1.165, 1.54) is 11.6 Å². The van der Waals surface area contributed by atoms with E-state index >= 15 is 0 Å². The molecule has 1 fully saturated rings. The van der Waals surface area contributed by atoms with Crippen LogP contribution in [0, 0.1) is 5.82 Å². The molecule has 0 bridgehead atoms. The summed E-state index contributed by atoms with van der Waals surface area (Å²) >= 11 is 0. The lowest BCUT2D eigenvalue weighted by atomic mass is 10.2. The highest BCUT2D eigenvalue weighted by Gasteiger charge is 2.27. The van der Waals surface area contributed by atoms with E-state index in [4.69, 9.17) is 9.47 Å². The molecule has 134 valence electrons. The van der Waals surface area contributed by atoms with Crippen molar-refractivity contribution in [1.29, 1.82) is 0 Å². The van der Waals surface area contributed by atoms with E-state index in [1.54, 1.807) is 23.8 Å². The van der Waals surface area contributed by atoms with Gasteiger partial charge in [0.15, 0.2) is 0 Å². The number of methoxy groups -OCH3 is 1. The number of para-hydroxylation sites is 1. The third-order valence-electron chi connectivity index (χ3n) is 4.66. The van der Waals surface area contributed by atoms with E-state index in [0.29, 0.717) is 12.3 Å². The molecule has 2 heterocycles. The van der Waals surface area contributed by atoms with Gasteiger partial charge in [-0.05, 0) is 35.9 Å². The number of nitrogens with zero attached hydrogens (tertiary/aromatic N) is 2. The minimum atomic E-state index is -0.239. The van der Waals surface area contributed by atoms with E-state index in [1.807, 2.05) is 36.7 Å². The Morgan fingerprint density at radius 2 is 1.92 bits per heavy atom. The van der Waals surface area contributed by atoms with Gasteiger partial charge >= 0.3 is 0 Å². The number of halogens is 1. The van der Waals surface area contributed by atoms with E-state index < -0.39 is 0 Å². The Morgan fingerprint density at radius 1 is 1.12 bits per heavy atom. The molecule has 0 aliphatic carbocycles. The van der Waals surface area contributed by atoms with Gasteiger partial charge in [0.25, 0.3) is 0 Å². The van der Waals surface area contributed by atoms with Crippen LogP contribution in [0.25, 0.3) is 5.69 Å². The maximum absolute atomic E-state index is 14.0. The van der Waals surface area contributed by atoms with Crippen molar-refractivity contribution in [2.24, 2.45) is 0 Å². The zero-order valence-corrected chi connectivity index (χ0v) is 14.6. The van der Waals surface area contributed by atoms with Crippen LogP contribution in [-0.2, 0) is 11.3 Å². The third kappa shape index (κ3) is 3.36. The summed E-state index contributed by atoms with van der Waals surface area (Å²) in [4.78, 5) is 2.28. The van der Waals surface area contributed by atoms with E-state index in [-0.39, 0.29) is 12.0 Å². The molecule has 5 heteroatoms. The molecule has 0 amide bonds. The number of rotatable bonds is 5. The van der Waals surface area contributed by atoms with Crippen LogP contribution in [0.5, 0.6) is 5.75 Å². The SMILES string of the molecule is COc1ccc(CN2CCOC2c2ccn(-c3ccccc3F)c2)cc1. The van der Waals surface area contributed by atoms with E-state index in [2.05, 4.69) is 17.0 Å². The van der Waals surface area contributed by atoms with Crippen LogP contribution in [0.3, 0.4) is 0 Å². The molecule has 3 aromatic rings. The lowest BCUT2D eigenvalue weighted by molar-refractivity contribution is 0.0288. The van der Waals surface area contributed by atoms with Gasteiger partial charge in [0.1, 0.15) is 17.8 Å². The van der Waals surface area contributed by atoms with Crippen LogP contribution in [0.1, 0.15) is 17.4 Å². The summed E-state index contributed by atoms with van der Waals surface area (Å²) in [5.41, 5.74) is 2.77. The van der Waals surface area contributed by atoms with Gasteiger partial charge in [0.2, 0.25) is 0 Å². The molecule has 1 aliphatic heterocycles. The number of aromatic nitrogens is 1. The first-order valence-electron chi connectivity index (χ1n) is 8.66. The van der Waals surface area contributed by atoms with Crippen molar-refractivity contribution in [3.63, 3.8) is 0 Å². The molecule has 0 spiro atoms. The van der Waals surface area contributed by atoms with Gasteiger partial charge in [-0.25, -0.2) is 4.39 Å². The molecule has 1 aromatic heterocycles. The highest BCUT2D eigenvalue weighted by Crippen LogP contribution is 2.30. The number of benzene rings is 2. The molecular weight excluding hydrogens is 331 g/mol. The second-order valence-corrected chi connectivity index (χ2v) is 6.35. The van der Waals surface area contributed by atoms with Crippen LogP contribution < -0.4 is 4.74 Å². The smallest absolute Gasteiger partial charge is 0.147 e. The highest BCUT2D eigenvalue weighted by atomic mass is 19.1. The lowest BCUT2D eigenvalue weighted by Crippen LogP contribution is -2.23. The average Bonchev–Trinajstić information content (AvgIpc) is 3.32. The normalized spacial score (nSPS) is 17.5. The first-order valence-corrected chi connectivity index (χ1v) is 8.66. The maximum atomic E-state index is 14.0. The topological polar surface area (TPSA) is 26.6 Å². The summed E-state index contributed by atoms with van der Waals surface area (Å²) in [6.07, 6.45) is 3.70. The molecule has 0 radical (unpaired) electrons. The Hall–Kier alpha value is -2.63. The van der Waals surface area contributed by atoms with Crippen molar-refractivity contribution in [2.45, 2.75) is 12.8 Å². The molecule has 1 aliphatic rings. The Labute approximate surface area is 152 Å². The van der Waals surface area contributed by atoms with Crippen molar-refractivity contribution in [2.75, 3.05) is 20.3 Å². The van der Waals surface area contributed by atoms with Crippen LogP contribution in [-0.4, -0.2) is 29.7 Å². The molecule has 2 aromatic carbocycles. The minimum absolute atomic E-state index is 0.120. The van der Waals surface area contributed by atoms with Gasteiger partial charge in [-0.2, -0.15) is 0 Å². The molecule has 4 rings (SSSR count). The summed E-state index contributed by atoms with van der Waals surface area (Å²) in [5.74, 6) is 0.613. The van der Waals surface area contributed by atoms with Crippen LogP contribution >= 0.6 is 0 Å². The van der Waals surface area contributed by atoms with Gasteiger partial charge in [0, 0.05) is 31.0 Å². The number of ether oxygens (including phenoxy) is 2. The van der Waals surface area contributed by atoms with Crippen molar-refractivity contribution < 1.29 is 13.9 Å². The molecule has 1 unspecified atom stereocenters. The molecule has 1 atom stereocenters. The predicted octanol–water partition coefficient (Wildman–Crippen LogP) is 4.16. The first-order chi connectivity index (χ1) is 12.7. The molecule has 26 heavy (non-hydrogen) atoms. The van der Waals surface area contributed by atoms with Crippen molar-refractivity contribution in [3.05, 3.63) is 83.9 Å².